The number of hydrogen-bond donors (Lipinski definition) is 1. The van der Waals surface area contributed by atoms with Gasteiger partial charge in [-0.25, -0.2) is 0 Å². The lowest BCUT2D eigenvalue weighted by atomic mass is 10.1. The van der Waals surface area contributed by atoms with E-state index in [9.17, 15) is 0 Å². The molecule has 2 unspecified atom stereocenters. The Bertz CT molecular complexity index is 168. The normalized spacial score (nSPS) is 25.7. The van der Waals surface area contributed by atoms with Crippen LogP contribution in [0, 0.1) is 11.3 Å². The van der Waals surface area contributed by atoms with Crippen molar-refractivity contribution in [1.82, 2.24) is 5.32 Å². The van der Waals surface area contributed by atoms with Crippen LogP contribution >= 0.6 is 0 Å². The molecule has 1 aliphatic heterocycles. The highest BCUT2D eigenvalue weighted by atomic mass is 16.5. The molecular formula is C9H16N2O. The number of hydrogen-bond acceptors (Lipinski definition) is 3. The molecule has 0 aromatic rings. The van der Waals surface area contributed by atoms with Crippen LogP contribution in [0.5, 0.6) is 0 Å². The molecule has 0 amide bonds. The minimum absolute atomic E-state index is 0.109. The Kier molecular flexibility index (Phi) is 3.51. The second-order valence-electron chi connectivity index (χ2n) is 3.48. The monoisotopic (exact) mass is 168 g/mol. The first-order valence-corrected chi connectivity index (χ1v) is 4.51. The van der Waals surface area contributed by atoms with E-state index < -0.39 is 0 Å². The van der Waals surface area contributed by atoms with Crippen molar-refractivity contribution >= 4 is 0 Å². The van der Waals surface area contributed by atoms with Crippen molar-refractivity contribution in [2.24, 2.45) is 0 Å². The van der Waals surface area contributed by atoms with Crippen LogP contribution in [0.1, 0.15) is 26.7 Å². The van der Waals surface area contributed by atoms with E-state index in [1.807, 2.05) is 13.8 Å². The molecule has 0 saturated carbocycles. The van der Waals surface area contributed by atoms with Gasteiger partial charge in [-0.05, 0) is 26.7 Å². The first-order chi connectivity index (χ1) is 5.74. The highest BCUT2D eigenvalue weighted by molar-refractivity contribution is 4.97. The van der Waals surface area contributed by atoms with Crippen LogP contribution in [0.4, 0.5) is 0 Å². The lowest BCUT2D eigenvalue weighted by molar-refractivity contribution is 0.0910. The van der Waals surface area contributed by atoms with Crippen molar-refractivity contribution in [3.05, 3.63) is 0 Å². The van der Waals surface area contributed by atoms with Gasteiger partial charge in [-0.1, -0.05) is 0 Å². The van der Waals surface area contributed by atoms with E-state index in [-0.39, 0.29) is 12.1 Å². The Morgan fingerprint density at radius 3 is 2.75 bits per heavy atom. The van der Waals surface area contributed by atoms with Crippen molar-refractivity contribution in [3.63, 3.8) is 0 Å². The molecule has 0 aromatic heterocycles. The van der Waals surface area contributed by atoms with Crippen LogP contribution in [0.2, 0.25) is 0 Å². The predicted octanol–water partition coefficient (Wildman–Crippen LogP) is 1.06. The van der Waals surface area contributed by atoms with Crippen molar-refractivity contribution in [2.45, 2.75) is 44.9 Å². The summed E-state index contributed by atoms with van der Waals surface area (Å²) in [7, 11) is 0. The van der Waals surface area contributed by atoms with Gasteiger partial charge in [-0.15, -0.1) is 0 Å². The standard InChI is InChI=1S/C9H16N2O/c1-7(2)11-8(6-10)9-4-3-5-12-9/h7-9,11H,3-5H2,1-2H3. The summed E-state index contributed by atoms with van der Waals surface area (Å²) in [5.41, 5.74) is 0. The third-order valence-electron chi connectivity index (χ3n) is 1.99. The molecule has 1 heterocycles. The summed E-state index contributed by atoms with van der Waals surface area (Å²) in [6.07, 6.45) is 2.21. The predicted molar refractivity (Wildman–Crippen MR) is 46.6 cm³/mol. The smallest absolute Gasteiger partial charge is 0.122 e. The van der Waals surface area contributed by atoms with Crippen LogP contribution in [0.15, 0.2) is 0 Å². The molecule has 1 rings (SSSR count). The summed E-state index contributed by atoms with van der Waals surface area (Å²) < 4.78 is 5.42. The van der Waals surface area contributed by atoms with E-state index in [1.54, 1.807) is 0 Å². The molecule has 1 N–H and O–H groups in total. The van der Waals surface area contributed by atoms with Crippen molar-refractivity contribution < 1.29 is 4.74 Å². The van der Waals surface area contributed by atoms with Gasteiger partial charge in [0.2, 0.25) is 0 Å². The Morgan fingerprint density at radius 2 is 2.33 bits per heavy atom. The molecule has 2 atom stereocenters. The second-order valence-corrected chi connectivity index (χ2v) is 3.48. The van der Waals surface area contributed by atoms with Gasteiger partial charge in [0.1, 0.15) is 6.04 Å². The Morgan fingerprint density at radius 1 is 1.58 bits per heavy atom. The number of nitriles is 1. The summed E-state index contributed by atoms with van der Waals surface area (Å²) in [5, 5.41) is 12.0. The average molecular weight is 168 g/mol. The molecule has 3 heteroatoms. The van der Waals surface area contributed by atoms with Gasteiger partial charge in [-0.3, -0.25) is 5.32 Å². The van der Waals surface area contributed by atoms with Gasteiger partial charge in [-0.2, -0.15) is 5.26 Å². The molecule has 3 nitrogen and oxygen atoms in total. The van der Waals surface area contributed by atoms with Crippen molar-refractivity contribution in [1.29, 1.82) is 5.26 Å². The molecule has 0 spiro atoms. The molecule has 0 bridgehead atoms. The van der Waals surface area contributed by atoms with E-state index in [2.05, 4.69) is 11.4 Å². The summed E-state index contributed by atoms with van der Waals surface area (Å²) in [4.78, 5) is 0. The number of nitrogens with zero attached hydrogens (tertiary/aromatic N) is 1. The fourth-order valence-corrected chi connectivity index (χ4v) is 1.45. The molecule has 1 fully saturated rings. The topological polar surface area (TPSA) is 45.0 Å². The molecule has 0 aromatic carbocycles. The van der Waals surface area contributed by atoms with Gasteiger partial charge < -0.3 is 4.74 Å². The molecule has 1 aliphatic rings. The van der Waals surface area contributed by atoms with Crippen LogP contribution in [0.3, 0.4) is 0 Å². The van der Waals surface area contributed by atoms with Crippen LogP contribution in [-0.4, -0.2) is 24.8 Å². The van der Waals surface area contributed by atoms with Crippen LogP contribution < -0.4 is 5.32 Å². The zero-order chi connectivity index (χ0) is 8.97. The van der Waals surface area contributed by atoms with Gasteiger partial charge in [0, 0.05) is 12.6 Å². The number of rotatable bonds is 3. The Hall–Kier alpha value is -0.590. The molecule has 0 radical (unpaired) electrons. The van der Waals surface area contributed by atoms with E-state index in [4.69, 9.17) is 10.00 Å². The van der Waals surface area contributed by atoms with Gasteiger partial charge >= 0.3 is 0 Å². The Labute approximate surface area is 73.7 Å². The molecular weight excluding hydrogens is 152 g/mol. The maximum atomic E-state index is 8.84. The van der Waals surface area contributed by atoms with Crippen molar-refractivity contribution in [2.75, 3.05) is 6.61 Å². The maximum absolute atomic E-state index is 8.84. The van der Waals surface area contributed by atoms with Gasteiger partial charge in [0.25, 0.3) is 0 Å². The van der Waals surface area contributed by atoms with Crippen LogP contribution in [0.25, 0.3) is 0 Å². The lowest BCUT2D eigenvalue weighted by Crippen LogP contribution is -2.42. The molecule has 0 aliphatic carbocycles. The molecule has 68 valence electrons. The van der Waals surface area contributed by atoms with Gasteiger partial charge in [0.15, 0.2) is 0 Å². The van der Waals surface area contributed by atoms with Gasteiger partial charge in [0.05, 0.1) is 12.2 Å². The SMILES string of the molecule is CC(C)NC(C#N)C1CCCO1. The van der Waals surface area contributed by atoms with E-state index in [0.29, 0.717) is 6.04 Å². The summed E-state index contributed by atoms with van der Waals surface area (Å²) in [6.45, 7) is 4.89. The Balaban J connectivity index is 2.39. The van der Waals surface area contributed by atoms with Crippen molar-refractivity contribution in [3.8, 4) is 6.07 Å². The maximum Gasteiger partial charge on any atom is 0.122 e. The average Bonchev–Trinajstić information content (AvgIpc) is 2.51. The highest BCUT2D eigenvalue weighted by Crippen LogP contribution is 2.15. The quantitative estimate of drug-likeness (QED) is 0.685. The van der Waals surface area contributed by atoms with E-state index in [0.717, 1.165) is 19.4 Å². The highest BCUT2D eigenvalue weighted by Gasteiger charge is 2.25. The van der Waals surface area contributed by atoms with E-state index >= 15 is 0 Å². The first-order valence-electron chi connectivity index (χ1n) is 4.51. The largest absolute Gasteiger partial charge is 0.375 e. The summed E-state index contributed by atoms with van der Waals surface area (Å²) >= 11 is 0. The minimum atomic E-state index is -0.132. The first kappa shape index (κ1) is 9.50. The third-order valence-corrected chi connectivity index (χ3v) is 1.99. The fraction of sp³-hybridized carbons (Fsp3) is 0.889. The molecule has 12 heavy (non-hydrogen) atoms. The summed E-state index contributed by atoms with van der Waals surface area (Å²) in [5.74, 6) is 0. The third kappa shape index (κ3) is 2.47. The lowest BCUT2D eigenvalue weighted by Gasteiger charge is -2.19. The minimum Gasteiger partial charge on any atom is -0.375 e. The zero-order valence-electron chi connectivity index (χ0n) is 7.71. The summed E-state index contributed by atoms with van der Waals surface area (Å²) in [6, 6.07) is 2.45. The zero-order valence-corrected chi connectivity index (χ0v) is 7.71. The fourth-order valence-electron chi connectivity index (χ4n) is 1.45. The van der Waals surface area contributed by atoms with E-state index in [1.165, 1.54) is 0 Å². The molecule has 1 saturated heterocycles. The number of nitrogens with one attached hydrogen (secondary N) is 1. The number of ether oxygens (including phenoxy) is 1. The van der Waals surface area contributed by atoms with Crippen LogP contribution in [-0.2, 0) is 4.74 Å². The second kappa shape index (κ2) is 4.44.